The van der Waals surface area contributed by atoms with Crippen molar-refractivity contribution in [2.45, 2.75) is 57.7 Å². The summed E-state index contributed by atoms with van der Waals surface area (Å²) in [5.41, 5.74) is 0. The lowest BCUT2D eigenvalue weighted by atomic mass is 9.77. The van der Waals surface area contributed by atoms with Crippen molar-refractivity contribution in [3.8, 4) is 0 Å². The largest absolute Gasteiger partial charge is 0.313 e. The Morgan fingerprint density at radius 3 is 2.73 bits per heavy atom. The van der Waals surface area contributed by atoms with Crippen LogP contribution in [-0.4, -0.2) is 24.1 Å². The smallest absolute Gasteiger partial charge is 0.0141 e. The van der Waals surface area contributed by atoms with Crippen LogP contribution in [0.3, 0.4) is 0 Å². The molecule has 0 aliphatic heterocycles. The van der Waals surface area contributed by atoms with Gasteiger partial charge in [-0.2, -0.15) is 11.8 Å². The van der Waals surface area contributed by atoms with Gasteiger partial charge in [-0.15, -0.1) is 0 Å². The van der Waals surface area contributed by atoms with Gasteiger partial charge in [-0.25, -0.2) is 0 Å². The summed E-state index contributed by atoms with van der Waals surface area (Å²) in [6.07, 6.45) is 7.78. The molecular formula is C13H27NS. The number of thioether (sulfide) groups is 1. The monoisotopic (exact) mass is 229 g/mol. The average Bonchev–Trinajstić information content (AvgIpc) is 2.26. The highest BCUT2D eigenvalue weighted by molar-refractivity contribution is 7.99. The zero-order valence-electron chi connectivity index (χ0n) is 10.8. The van der Waals surface area contributed by atoms with E-state index in [0.29, 0.717) is 0 Å². The molecule has 4 unspecified atom stereocenters. The van der Waals surface area contributed by atoms with Crippen LogP contribution in [0, 0.1) is 11.8 Å². The van der Waals surface area contributed by atoms with Gasteiger partial charge in [0.1, 0.15) is 0 Å². The SMILES string of the molecule is CCC1CC(C)CCC1NCC(C)SC. The predicted octanol–water partition coefficient (Wildman–Crippen LogP) is 3.54. The quantitative estimate of drug-likeness (QED) is 0.774. The van der Waals surface area contributed by atoms with Crippen molar-refractivity contribution in [1.29, 1.82) is 0 Å². The van der Waals surface area contributed by atoms with Crippen molar-refractivity contribution in [2.75, 3.05) is 12.8 Å². The Bertz CT molecular complexity index is 172. The molecule has 1 fully saturated rings. The van der Waals surface area contributed by atoms with E-state index < -0.39 is 0 Å². The fourth-order valence-electron chi connectivity index (χ4n) is 2.62. The van der Waals surface area contributed by atoms with Gasteiger partial charge in [-0.3, -0.25) is 0 Å². The summed E-state index contributed by atoms with van der Waals surface area (Å²) in [5.74, 6) is 1.87. The van der Waals surface area contributed by atoms with Gasteiger partial charge in [-0.05, 0) is 37.4 Å². The van der Waals surface area contributed by atoms with Crippen LogP contribution in [0.2, 0.25) is 0 Å². The molecule has 1 aliphatic carbocycles. The van der Waals surface area contributed by atoms with Crippen molar-refractivity contribution >= 4 is 11.8 Å². The third-order valence-corrected chi connectivity index (χ3v) is 4.81. The van der Waals surface area contributed by atoms with E-state index in [2.05, 4.69) is 32.3 Å². The topological polar surface area (TPSA) is 12.0 Å². The van der Waals surface area contributed by atoms with Gasteiger partial charge in [0, 0.05) is 17.8 Å². The van der Waals surface area contributed by atoms with Gasteiger partial charge in [0.05, 0.1) is 0 Å². The van der Waals surface area contributed by atoms with Crippen LogP contribution in [0.15, 0.2) is 0 Å². The maximum absolute atomic E-state index is 3.77. The van der Waals surface area contributed by atoms with Crippen molar-refractivity contribution in [2.24, 2.45) is 11.8 Å². The van der Waals surface area contributed by atoms with E-state index in [1.807, 2.05) is 11.8 Å². The minimum Gasteiger partial charge on any atom is -0.313 e. The molecule has 0 aromatic carbocycles. The molecule has 90 valence electrons. The standard InChI is InChI=1S/C13H27NS/c1-5-12-8-10(2)6-7-13(12)14-9-11(3)15-4/h10-14H,5-9H2,1-4H3. The summed E-state index contributed by atoms with van der Waals surface area (Å²) in [4.78, 5) is 0. The first-order valence-electron chi connectivity index (χ1n) is 6.43. The Morgan fingerprint density at radius 2 is 2.13 bits per heavy atom. The van der Waals surface area contributed by atoms with Crippen LogP contribution in [0.4, 0.5) is 0 Å². The van der Waals surface area contributed by atoms with Crippen LogP contribution in [-0.2, 0) is 0 Å². The second-order valence-corrected chi connectivity index (χ2v) is 6.42. The normalized spacial score (nSPS) is 34.0. The maximum atomic E-state index is 3.77. The third-order valence-electron chi connectivity index (χ3n) is 3.84. The van der Waals surface area contributed by atoms with Crippen molar-refractivity contribution in [3.05, 3.63) is 0 Å². The molecule has 1 N–H and O–H groups in total. The molecule has 1 rings (SSSR count). The van der Waals surface area contributed by atoms with Crippen molar-refractivity contribution in [1.82, 2.24) is 5.32 Å². The molecule has 1 aliphatic rings. The molecule has 0 aromatic heterocycles. The summed E-state index contributed by atoms with van der Waals surface area (Å²) >= 11 is 1.96. The first-order chi connectivity index (χ1) is 7.17. The molecule has 0 radical (unpaired) electrons. The lowest BCUT2D eigenvalue weighted by molar-refractivity contribution is 0.209. The van der Waals surface area contributed by atoms with E-state index >= 15 is 0 Å². The van der Waals surface area contributed by atoms with E-state index in [1.54, 1.807) is 0 Å². The average molecular weight is 229 g/mol. The molecule has 0 bridgehead atoms. The molecule has 2 heteroatoms. The van der Waals surface area contributed by atoms with Gasteiger partial charge < -0.3 is 5.32 Å². The van der Waals surface area contributed by atoms with Gasteiger partial charge >= 0.3 is 0 Å². The lowest BCUT2D eigenvalue weighted by Crippen LogP contribution is -2.42. The fourth-order valence-corrected chi connectivity index (χ4v) is 2.88. The molecule has 15 heavy (non-hydrogen) atoms. The van der Waals surface area contributed by atoms with E-state index in [9.17, 15) is 0 Å². The second kappa shape index (κ2) is 6.80. The zero-order valence-corrected chi connectivity index (χ0v) is 11.6. The minimum absolute atomic E-state index is 0.752. The van der Waals surface area contributed by atoms with Crippen molar-refractivity contribution < 1.29 is 0 Å². The summed E-state index contributed by atoms with van der Waals surface area (Å²) in [6.45, 7) is 8.24. The number of hydrogen-bond acceptors (Lipinski definition) is 2. The van der Waals surface area contributed by atoms with Gasteiger partial charge in [0.15, 0.2) is 0 Å². The number of hydrogen-bond donors (Lipinski definition) is 1. The summed E-state index contributed by atoms with van der Waals surface area (Å²) < 4.78 is 0. The molecule has 0 spiro atoms. The highest BCUT2D eigenvalue weighted by Crippen LogP contribution is 2.31. The first kappa shape index (κ1) is 13.4. The molecule has 0 saturated heterocycles. The Balaban J connectivity index is 2.32. The van der Waals surface area contributed by atoms with E-state index in [-0.39, 0.29) is 0 Å². The Labute approximate surface area is 99.8 Å². The van der Waals surface area contributed by atoms with Crippen LogP contribution in [0.1, 0.15) is 46.5 Å². The van der Waals surface area contributed by atoms with Crippen LogP contribution >= 0.6 is 11.8 Å². The van der Waals surface area contributed by atoms with Gasteiger partial charge in [-0.1, -0.05) is 27.2 Å². The van der Waals surface area contributed by atoms with E-state index in [4.69, 9.17) is 0 Å². The predicted molar refractivity (Wildman–Crippen MR) is 71.6 cm³/mol. The fraction of sp³-hybridized carbons (Fsp3) is 1.00. The van der Waals surface area contributed by atoms with Gasteiger partial charge in [0.2, 0.25) is 0 Å². The molecule has 0 amide bonds. The van der Waals surface area contributed by atoms with Crippen LogP contribution in [0.5, 0.6) is 0 Å². The molecular weight excluding hydrogens is 202 g/mol. The van der Waals surface area contributed by atoms with Gasteiger partial charge in [0.25, 0.3) is 0 Å². The Hall–Kier alpha value is 0.310. The highest BCUT2D eigenvalue weighted by atomic mass is 32.2. The zero-order chi connectivity index (χ0) is 11.3. The Morgan fingerprint density at radius 1 is 1.40 bits per heavy atom. The summed E-state index contributed by atoms with van der Waals surface area (Å²) in [6, 6.07) is 0.792. The highest BCUT2D eigenvalue weighted by Gasteiger charge is 2.26. The maximum Gasteiger partial charge on any atom is 0.0141 e. The molecule has 1 saturated carbocycles. The first-order valence-corrected chi connectivity index (χ1v) is 7.72. The van der Waals surface area contributed by atoms with Crippen LogP contribution < -0.4 is 5.32 Å². The molecule has 0 heterocycles. The third kappa shape index (κ3) is 4.36. The Kier molecular flexibility index (Phi) is 6.06. The lowest BCUT2D eigenvalue weighted by Gasteiger charge is -2.35. The minimum atomic E-state index is 0.752. The molecule has 1 nitrogen and oxygen atoms in total. The summed E-state index contributed by atoms with van der Waals surface area (Å²) in [7, 11) is 0. The molecule has 0 aromatic rings. The van der Waals surface area contributed by atoms with E-state index in [1.165, 1.54) is 32.2 Å². The number of rotatable bonds is 5. The number of nitrogens with one attached hydrogen (secondary N) is 1. The summed E-state index contributed by atoms with van der Waals surface area (Å²) in [5, 5.41) is 4.52. The van der Waals surface area contributed by atoms with E-state index in [0.717, 1.165) is 23.1 Å². The van der Waals surface area contributed by atoms with Crippen molar-refractivity contribution in [3.63, 3.8) is 0 Å². The second-order valence-electron chi connectivity index (χ2n) is 5.15. The van der Waals surface area contributed by atoms with Crippen LogP contribution in [0.25, 0.3) is 0 Å². The molecule has 4 atom stereocenters.